The van der Waals surface area contributed by atoms with Crippen molar-refractivity contribution in [3.8, 4) is 0 Å². The van der Waals surface area contributed by atoms with Crippen molar-refractivity contribution in [2.45, 2.75) is 110 Å². The molecule has 0 radical (unpaired) electrons. The van der Waals surface area contributed by atoms with Crippen LogP contribution in [0.4, 0.5) is 0 Å². The quantitative estimate of drug-likeness (QED) is 0.283. The fraction of sp³-hybridized carbons (Fsp3) is 0.950. The Kier molecular flexibility index (Phi) is 5.31. The van der Waals surface area contributed by atoms with Crippen LogP contribution in [-0.2, 0) is 18.7 Å². The molecule has 0 bridgehead atoms. The van der Waals surface area contributed by atoms with Gasteiger partial charge in [0.1, 0.15) is 5.60 Å². The number of fused-ring (bicyclic) bond motifs is 1. The van der Waals surface area contributed by atoms with Gasteiger partial charge in [-0.15, -0.1) is 0 Å². The number of ether oxygens (including phenoxy) is 2. The van der Waals surface area contributed by atoms with E-state index in [0.29, 0.717) is 6.61 Å². The van der Waals surface area contributed by atoms with Gasteiger partial charge in [-0.05, 0) is 49.7 Å². The second-order valence-electron chi connectivity index (χ2n) is 10.4. The normalized spacial score (nSPS) is 34.4. The molecule has 2 rings (SSSR count). The third kappa shape index (κ3) is 3.84. The minimum Gasteiger partial charge on any atom is -0.466 e. The molecule has 2 aliphatic rings. The van der Waals surface area contributed by atoms with Crippen LogP contribution in [0.2, 0.25) is 18.1 Å². The topological polar surface area (TPSA) is 48.1 Å². The van der Waals surface area contributed by atoms with E-state index in [4.69, 9.17) is 13.9 Å². The maximum atomic E-state index is 11.0. The first kappa shape index (κ1) is 20.9. The molecule has 1 aliphatic carbocycles. The fourth-order valence-electron chi connectivity index (χ4n) is 4.53. The Balaban J connectivity index is 2.04. The van der Waals surface area contributed by atoms with Crippen LogP contribution in [0.5, 0.6) is 0 Å². The second-order valence-corrected chi connectivity index (χ2v) is 15.2. The summed E-state index contributed by atoms with van der Waals surface area (Å²) >= 11 is 0. The average molecular weight is 371 g/mol. The molecule has 0 aromatic carbocycles. The highest BCUT2D eigenvalue weighted by Gasteiger charge is 2.75. The van der Waals surface area contributed by atoms with Crippen molar-refractivity contribution in [2.24, 2.45) is 5.41 Å². The van der Waals surface area contributed by atoms with E-state index in [2.05, 4.69) is 54.6 Å². The molecule has 0 N–H and O–H groups in total. The van der Waals surface area contributed by atoms with Crippen molar-refractivity contribution < 1.29 is 18.7 Å². The van der Waals surface area contributed by atoms with Crippen molar-refractivity contribution in [1.29, 1.82) is 0 Å². The summed E-state index contributed by atoms with van der Waals surface area (Å²) in [5, 5.41) is 0.223. The maximum Gasteiger partial charge on any atom is 0.302 e. The summed E-state index contributed by atoms with van der Waals surface area (Å²) in [6.07, 6.45) is 4.06. The van der Waals surface area contributed by atoms with Crippen LogP contribution in [0.1, 0.15) is 74.1 Å². The molecule has 0 aromatic heterocycles. The summed E-state index contributed by atoms with van der Waals surface area (Å²) in [7, 11) is -1.78. The number of hydrogen-bond acceptors (Lipinski definition) is 4. The molecule has 3 atom stereocenters. The lowest BCUT2D eigenvalue weighted by Crippen LogP contribution is -2.52. The zero-order valence-electron chi connectivity index (χ0n) is 17.7. The number of rotatable bonds is 6. The molecule has 1 aliphatic heterocycles. The largest absolute Gasteiger partial charge is 0.466 e. The first-order chi connectivity index (χ1) is 11.2. The van der Waals surface area contributed by atoms with Gasteiger partial charge in [-0.3, -0.25) is 4.79 Å². The van der Waals surface area contributed by atoms with Crippen LogP contribution in [0.3, 0.4) is 0 Å². The molecule has 0 amide bonds. The molecule has 1 heterocycles. The summed E-state index contributed by atoms with van der Waals surface area (Å²) in [5.74, 6) is -0.206. The van der Waals surface area contributed by atoms with Gasteiger partial charge in [-0.25, -0.2) is 0 Å². The molecule has 2 fully saturated rings. The minimum absolute atomic E-state index is 0.0588. The molecule has 0 spiro atoms. The Morgan fingerprint density at radius 1 is 1.20 bits per heavy atom. The van der Waals surface area contributed by atoms with E-state index in [1.54, 1.807) is 0 Å². The standard InChI is InChI=1S/C20H38O4Si/c1-15(21)22-12-10-11-20-18(5,6)13-16(14-19(20,7)24-20)23-25(8,9)17(2,3)4/h16H,10-14H2,1-9H3/t16-,19-,20+/m0/s1. The first-order valence-electron chi connectivity index (χ1n) is 9.67. The van der Waals surface area contributed by atoms with Gasteiger partial charge < -0.3 is 13.9 Å². The molecule has 1 saturated heterocycles. The molecule has 25 heavy (non-hydrogen) atoms. The van der Waals surface area contributed by atoms with Crippen molar-refractivity contribution in [3.63, 3.8) is 0 Å². The van der Waals surface area contributed by atoms with E-state index < -0.39 is 8.32 Å². The van der Waals surface area contributed by atoms with E-state index >= 15 is 0 Å². The SMILES string of the molecule is CC(=O)OCCC[C@]12O[C@@]1(C)C[C@@H](O[Si](C)(C)C(C)(C)C)CC2(C)C. The number of esters is 1. The molecular weight excluding hydrogens is 332 g/mol. The first-order valence-corrected chi connectivity index (χ1v) is 12.6. The lowest BCUT2D eigenvalue weighted by atomic mass is 9.61. The smallest absolute Gasteiger partial charge is 0.302 e. The fourth-order valence-corrected chi connectivity index (χ4v) is 5.88. The van der Waals surface area contributed by atoms with E-state index in [9.17, 15) is 4.79 Å². The highest BCUT2D eigenvalue weighted by molar-refractivity contribution is 6.74. The van der Waals surface area contributed by atoms with Gasteiger partial charge in [-0.1, -0.05) is 34.6 Å². The Hall–Kier alpha value is -0.393. The maximum absolute atomic E-state index is 11.0. The number of hydrogen-bond donors (Lipinski definition) is 0. The number of carbonyl (C=O) groups is 1. The third-order valence-electron chi connectivity index (χ3n) is 6.91. The van der Waals surface area contributed by atoms with Crippen molar-refractivity contribution in [3.05, 3.63) is 0 Å². The van der Waals surface area contributed by atoms with E-state index in [1.807, 2.05) is 0 Å². The predicted octanol–water partition coefficient (Wildman–Crippen LogP) is 5.07. The van der Waals surface area contributed by atoms with Gasteiger partial charge >= 0.3 is 5.97 Å². The predicted molar refractivity (Wildman–Crippen MR) is 103 cm³/mol. The Bertz CT molecular complexity index is 522. The van der Waals surface area contributed by atoms with E-state index in [0.717, 1.165) is 25.7 Å². The zero-order chi connectivity index (χ0) is 19.3. The Morgan fingerprint density at radius 2 is 1.80 bits per heavy atom. The zero-order valence-corrected chi connectivity index (χ0v) is 18.7. The van der Waals surface area contributed by atoms with Gasteiger partial charge in [0.2, 0.25) is 0 Å². The average Bonchev–Trinajstić information content (AvgIpc) is 2.99. The summed E-state index contributed by atoms with van der Waals surface area (Å²) < 4.78 is 18.2. The van der Waals surface area contributed by atoms with Crippen molar-refractivity contribution in [2.75, 3.05) is 6.61 Å². The Morgan fingerprint density at radius 3 is 2.28 bits per heavy atom. The van der Waals surface area contributed by atoms with Crippen LogP contribution >= 0.6 is 0 Å². The monoisotopic (exact) mass is 370 g/mol. The third-order valence-corrected chi connectivity index (χ3v) is 11.4. The Labute approximate surface area is 155 Å². The summed E-state index contributed by atoms with van der Waals surface area (Å²) in [6.45, 7) is 20.3. The van der Waals surface area contributed by atoms with Gasteiger partial charge in [0.25, 0.3) is 0 Å². The summed E-state index contributed by atoms with van der Waals surface area (Å²) in [5.41, 5.74) is -0.158. The van der Waals surface area contributed by atoms with Gasteiger partial charge in [0.15, 0.2) is 8.32 Å². The van der Waals surface area contributed by atoms with Crippen molar-refractivity contribution >= 4 is 14.3 Å². The second kappa shape index (κ2) is 6.34. The van der Waals surface area contributed by atoms with Gasteiger partial charge in [0, 0.05) is 19.4 Å². The summed E-state index contributed by atoms with van der Waals surface area (Å²) in [6, 6.07) is 0. The molecule has 146 valence electrons. The van der Waals surface area contributed by atoms with Crippen LogP contribution in [0, 0.1) is 5.41 Å². The highest BCUT2D eigenvalue weighted by atomic mass is 28.4. The molecular formula is C20H38O4Si. The van der Waals surface area contributed by atoms with Crippen LogP contribution < -0.4 is 0 Å². The van der Waals surface area contributed by atoms with Gasteiger partial charge in [-0.2, -0.15) is 0 Å². The number of epoxide rings is 1. The lowest BCUT2D eigenvalue weighted by molar-refractivity contribution is -0.141. The molecule has 0 aromatic rings. The summed E-state index contributed by atoms with van der Waals surface area (Å²) in [4.78, 5) is 11.0. The minimum atomic E-state index is -1.78. The lowest BCUT2D eigenvalue weighted by Gasteiger charge is -2.46. The molecule has 0 unspecified atom stereocenters. The van der Waals surface area contributed by atoms with E-state index in [-0.39, 0.29) is 33.7 Å². The molecule has 5 heteroatoms. The van der Waals surface area contributed by atoms with Crippen LogP contribution in [0.25, 0.3) is 0 Å². The molecule has 1 saturated carbocycles. The van der Waals surface area contributed by atoms with Crippen molar-refractivity contribution in [1.82, 2.24) is 0 Å². The van der Waals surface area contributed by atoms with E-state index in [1.165, 1.54) is 6.92 Å². The molecule has 4 nitrogen and oxygen atoms in total. The van der Waals surface area contributed by atoms with Crippen LogP contribution in [0.15, 0.2) is 0 Å². The van der Waals surface area contributed by atoms with Crippen LogP contribution in [-0.4, -0.2) is 38.2 Å². The van der Waals surface area contributed by atoms with Gasteiger partial charge in [0.05, 0.1) is 12.2 Å². The number of carbonyl (C=O) groups excluding carboxylic acids is 1. The highest BCUT2D eigenvalue weighted by Crippen LogP contribution is 2.67.